The molecule has 1 rings (SSSR count). The molecule has 4 nitrogen and oxygen atoms in total. The third kappa shape index (κ3) is 6.23. The zero-order valence-corrected chi connectivity index (χ0v) is 14.6. The molecular formula is C16H23Cl2NO3. The van der Waals surface area contributed by atoms with Gasteiger partial charge in [-0.3, -0.25) is 4.99 Å². The van der Waals surface area contributed by atoms with E-state index in [1.54, 1.807) is 12.1 Å². The molecule has 0 spiro atoms. The van der Waals surface area contributed by atoms with Crippen LogP contribution in [-0.4, -0.2) is 34.2 Å². The van der Waals surface area contributed by atoms with Gasteiger partial charge in [0.15, 0.2) is 0 Å². The van der Waals surface area contributed by atoms with Crippen LogP contribution in [0.25, 0.3) is 0 Å². The first-order chi connectivity index (χ1) is 10.1. The lowest BCUT2D eigenvalue weighted by atomic mass is 9.88. The number of halogens is 2. The molecule has 22 heavy (non-hydrogen) atoms. The van der Waals surface area contributed by atoms with Crippen LogP contribution in [0.1, 0.15) is 45.3 Å². The molecule has 0 radical (unpaired) electrons. The summed E-state index contributed by atoms with van der Waals surface area (Å²) in [5.41, 5.74) is 1.09. The molecular weight excluding hydrogens is 325 g/mol. The van der Waals surface area contributed by atoms with Gasteiger partial charge in [-0.25, -0.2) is 0 Å². The first-order valence-electron chi connectivity index (χ1n) is 7.14. The summed E-state index contributed by atoms with van der Waals surface area (Å²) >= 11 is 12.3. The Balaban J connectivity index is 2.91. The fourth-order valence-corrected chi connectivity index (χ4v) is 2.45. The Morgan fingerprint density at radius 3 is 2.18 bits per heavy atom. The van der Waals surface area contributed by atoms with Gasteiger partial charge in [0.25, 0.3) is 0 Å². The van der Waals surface area contributed by atoms with Crippen molar-refractivity contribution in [2.45, 2.75) is 45.8 Å². The lowest BCUT2D eigenvalue weighted by Crippen LogP contribution is -2.12. The van der Waals surface area contributed by atoms with E-state index in [9.17, 15) is 10.2 Å². The van der Waals surface area contributed by atoms with E-state index in [4.69, 9.17) is 28.3 Å². The topological polar surface area (TPSA) is 73.1 Å². The molecule has 0 saturated heterocycles. The van der Waals surface area contributed by atoms with Crippen molar-refractivity contribution in [1.82, 2.24) is 0 Å². The summed E-state index contributed by atoms with van der Waals surface area (Å²) in [6.45, 7) is 5.92. The highest BCUT2D eigenvalue weighted by Crippen LogP contribution is 2.37. The predicted octanol–water partition coefficient (Wildman–Crippen LogP) is 3.91. The van der Waals surface area contributed by atoms with Crippen molar-refractivity contribution in [2.75, 3.05) is 6.61 Å². The fraction of sp³-hybridized carbons (Fsp3) is 0.562. The van der Waals surface area contributed by atoms with Gasteiger partial charge in [0.1, 0.15) is 6.10 Å². The van der Waals surface area contributed by atoms with Gasteiger partial charge in [-0.2, -0.15) is 0 Å². The summed E-state index contributed by atoms with van der Waals surface area (Å²) in [5, 5.41) is 28.8. The van der Waals surface area contributed by atoms with Crippen molar-refractivity contribution >= 4 is 35.1 Å². The maximum absolute atomic E-state index is 10.3. The number of hydrogen-bond acceptors (Lipinski definition) is 4. The quantitative estimate of drug-likeness (QED) is 0.683. The van der Waals surface area contributed by atoms with Gasteiger partial charge < -0.3 is 15.3 Å². The number of aliphatic imine (C=N–C) groups is 1. The molecule has 0 bridgehead atoms. The Morgan fingerprint density at radius 1 is 1.18 bits per heavy atom. The van der Waals surface area contributed by atoms with E-state index in [1.807, 2.05) is 0 Å². The summed E-state index contributed by atoms with van der Waals surface area (Å²) < 4.78 is 0. The SMILES string of the molecule is CC(C)(C)CCC(O)c1cc(Cl)c(N=CC(O)CO)c(Cl)c1. The summed E-state index contributed by atoms with van der Waals surface area (Å²) in [6, 6.07) is 3.25. The zero-order chi connectivity index (χ0) is 16.9. The Kier molecular flexibility index (Phi) is 7.29. The third-order valence-corrected chi connectivity index (χ3v) is 3.73. The molecule has 3 N–H and O–H groups in total. The average Bonchev–Trinajstić information content (AvgIpc) is 2.42. The van der Waals surface area contributed by atoms with Gasteiger partial charge in [-0.1, -0.05) is 44.0 Å². The van der Waals surface area contributed by atoms with Crippen LogP contribution in [0.4, 0.5) is 5.69 Å². The molecule has 0 aliphatic heterocycles. The monoisotopic (exact) mass is 347 g/mol. The number of aliphatic hydroxyl groups is 3. The number of benzene rings is 1. The Hall–Kier alpha value is -0.650. The lowest BCUT2D eigenvalue weighted by Gasteiger charge is -2.21. The Bertz CT molecular complexity index is 504. The maximum Gasteiger partial charge on any atom is 0.112 e. The average molecular weight is 348 g/mol. The van der Waals surface area contributed by atoms with Crippen LogP contribution in [0.15, 0.2) is 17.1 Å². The van der Waals surface area contributed by atoms with Crippen molar-refractivity contribution in [2.24, 2.45) is 10.4 Å². The van der Waals surface area contributed by atoms with Gasteiger partial charge in [-0.05, 0) is 36.0 Å². The molecule has 0 aliphatic carbocycles. The van der Waals surface area contributed by atoms with Crippen LogP contribution in [0, 0.1) is 5.41 Å². The minimum Gasteiger partial charge on any atom is -0.393 e. The molecule has 2 atom stereocenters. The smallest absolute Gasteiger partial charge is 0.112 e. The van der Waals surface area contributed by atoms with Crippen LogP contribution in [0.2, 0.25) is 10.0 Å². The van der Waals surface area contributed by atoms with E-state index in [1.165, 1.54) is 6.21 Å². The van der Waals surface area contributed by atoms with Gasteiger partial charge in [-0.15, -0.1) is 0 Å². The van der Waals surface area contributed by atoms with Gasteiger partial charge in [0.05, 0.1) is 28.4 Å². The standard InChI is InChI=1S/C16H23Cl2NO3/c1-16(2,3)5-4-14(22)10-6-12(17)15(13(18)7-10)19-8-11(21)9-20/h6-8,11,14,20-22H,4-5,9H2,1-3H3. The Morgan fingerprint density at radius 2 is 1.73 bits per heavy atom. The molecule has 6 heteroatoms. The minimum absolute atomic E-state index is 0.138. The van der Waals surface area contributed by atoms with Crippen LogP contribution >= 0.6 is 23.2 Å². The molecule has 0 heterocycles. The van der Waals surface area contributed by atoms with Gasteiger partial charge in [0.2, 0.25) is 0 Å². The van der Waals surface area contributed by atoms with E-state index in [-0.39, 0.29) is 5.41 Å². The number of hydrogen-bond donors (Lipinski definition) is 3. The Labute approximate surface area is 141 Å². The number of rotatable bonds is 6. The largest absolute Gasteiger partial charge is 0.393 e. The molecule has 0 saturated carbocycles. The second-order valence-corrected chi connectivity index (χ2v) is 7.29. The third-order valence-electron chi connectivity index (χ3n) is 3.15. The molecule has 1 aromatic carbocycles. The normalized spacial score (nSPS) is 15.3. The second kappa shape index (κ2) is 8.27. The van der Waals surface area contributed by atoms with Crippen molar-refractivity contribution in [1.29, 1.82) is 0 Å². The summed E-state index contributed by atoms with van der Waals surface area (Å²) in [5.74, 6) is 0. The van der Waals surface area contributed by atoms with Gasteiger partial charge >= 0.3 is 0 Å². The first-order valence-corrected chi connectivity index (χ1v) is 7.90. The van der Waals surface area contributed by atoms with Crippen LogP contribution in [0.5, 0.6) is 0 Å². The van der Waals surface area contributed by atoms with E-state index < -0.39 is 18.8 Å². The van der Waals surface area contributed by atoms with Crippen molar-refractivity contribution in [3.05, 3.63) is 27.7 Å². The number of nitrogens with zero attached hydrogens (tertiary/aromatic N) is 1. The highest BCUT2D eigenvalue weighted by molar-refractivity contribution is 6.39. The maximum atomic E-state index is 10.3. The summed E-state index contributed by atoms with van der Waals surface area (Å²) in [6.07, 6.45) is 0.941. The second-order valence-electron chi connectivity index (χ2n) is 6.48. The van der Waals surface area contributed by atoms with Crippen LogP contribution < -0.4 is 0 Å². The molecule has 1 aromatic rings. The molecule has 2 unspecified atom stereocenters. The first kappa shape index (κ1) is 19.4. The minimum atomic E-state index is -1.07. The van der Waals surface area contributed by atoms with Crippen molar-refractivity contribution in [3.63, 3.8) is 0 Å². The van der Waals surface area contributed by atoms with Crippen LogP contribution in [0.3, 0.4) is 0 Å². The fourth-order valence-electron chi connectivity index (χ4n) is 1.84. The molecule has 0 aromatic heterocycles. The summed E-state index contributed by atoms with van der Waals surface area (Å²) in [7, 11) is 0. The summed E-state index contributed by atoms with van der Waals surface area (Å²) in [4.78, 5) is 3.98. The highest BCUT2D eigenvalue weighted by Gasteiger charge is 2.17. The van der Waals surface area contributed by atoms with E-state index in [0.717, 1.165) is 6.42 Å². The molecule has 0 fully saturated rings. The number of aliphatic hydroxyl groups excluding tert-OH is 3. The van der Waals surface area contributed by atoms with E-state index in [2.05, 4.69) is 25.8 Å². The van der Waals surface area contributed by atoms with E-state index in [0.29, 0.717) is 27.7 Å². The molecule has 0 aliphatic rings. The van der Waals surface area contributed by atoms with Crippen molar-refractivity contribution < 1.29 is 15.3 Å². The highest BCUT2D eigenvalue weighted by atomic mass is 35.5. The molecule has 124 valence electrons. The lowest BCUT2D eigenvalue weighted by molar-refractivity contribution is 0.147. The van der Waals surface area contributed by atoms with Crippen LogP contribution in [-0.2, 0) is 0 Å². The molecule has 0 amide bonds. The predicted molar refractivity (Wildman–Crippen MR) is 91.4 cm³/mol. The van der Waals surface area contributed by atoms with E-state index >= 15 is 0 Å². The zero-order valence-electron chi connectivity index (χ0n) is 13.1. The van der Waals surface area contributed by atoms with Crippen molar-refractivity contribution in [3.8, 4) is 0 Å². The van der Waals surface area contributed by atoms with Gasteiger partial charge in [0, 0.05) is 6.21 Å².